The molecular weight excluding hydrogens is 142 g/mol. The average molecular weight is 150 g/mol. The van der Waals surface area contributed by atoms with Gasteiger partial charge in [-0.05, 0) is 12.5 Å². The van der Waals surface area contributed by atoms with Crippen LogP contribution in [-0.2, 0) is 6.54 Å². The summed E-state index contributed by atoms with van der Waals surface area (Å²) in [5, 5.41) is 10.1. The molecule has 0 fully saturated rings. The lowest BCUT2D eigenvalue weighted by atomic mass is 10.1. The van der Waals surface area contributed by atoms with Gasteiger partial charge >= 0.3 is 0 Å². The third-order valence-electron chi connectivity index (χ3n) is 1.42. The zero-order chi connectivity index (χ0) is 8.27. The smallest absolute Gasteiger partial charge is 0.229 e. The fourth-order valence-electron chi connectivity index (χ4n) is 0.851. The van der Waals surface area contributed by atoms with Crippen molar-refractivity contribution < 1.29 is 4.92 Å². The molecule has 0 aromatic heterocycles. The fourth-order valence-corrected chi connectivity index (χ4v) is 0.851. The van der Waals surface area contributed by atoms with Crippen LogP contribution in [0.4, 0.5) is 0 Å². The molecule has 1 aromatic carbocycles. The lowest BCUT2D eigenvalue weighted by Crippen LogP contribution is -1.99. The van der Waals surface area contributed by atoms with Crippen molar-refractivity contribution in [1.29, 1.82) is 0 Å². The van der Waals surface area contributed by atoms with Crippen LogP contribution in [0.25, 0.3) is 0 Å². The SMILES string of the molecule is [CH2]c1ccccc1C[N+](=O)[O-]. The minimum absolute atomic E-state index is 0.139. The Kier molecular flexibility index (Phi) is 2.21. The predicted molar refractivity (Wildman–Crippen MR) is 41.6 cm³/mol. The Labute approximate surface area is 64.8 Å². The Morgan fingerprint density at radius 2 is 2.09 bits per heavy atom. The van der Waals surface area contributed by atoms with Crippen molar-refractivity contribution in [2.45, 2.75) is 6.54 Å². The van der Waals surface area contributed by atoms with Gasteiger partial charge in [-0.1, -0.05) is 24.3 Å². The van der Waals surface area contributed by atoms with E-state index in [1.807, 2.05) is 6.07 Å². The van der Waals surface area contributed by atoms with Gasteiger partial charge < -0.3 is 0 Å². The van der Waals surface area contributed by atoms with Crippen LogP contribution in [0.15, 0.2) is 24.3 Å². The van der Waals surface area contributed by atoms with E-state index in [2.05, 4.69) is 6.92 Å². The zero-order valence-electron chi connectivity index (χ0n) is 5.99. The summed E-state index contributed by atoms with van der Waals surface area (Å²) in [6.07, 6.45) is 0. The standard InChI is InChI=1S/C8H8NO2/c1-7-4-2-3-5-8(7)6-9(10)11/h2-5H,1,6H2. The van der Waals surface area contributed by atoms with Crippen molar-refractivity contribution in [2.75, 3.05) is 0 Å². The molecule has 0 aliphatic rings. The Morgan fingerprint density at radius 1 is 1.45 bits per heavy atom. The molecule has 1 radical (unpaired) electrons. The topological polar surface area (TPSA) is 43.1 Å². The second kappa shape index (κ2) is 3.14. The first-order valence-electron chi connectivity index (χ1n) is 3.22. The maximum Gasteiger partial charge on any atom is 0.229 e. The van der Waals surface area contributed by atoms with E-state index >= 15 is 0 Å². The minimum atomic E-state index is -0.357. The molecule has 0 spiro atoms. The highest BCUT2D eigenvalue weighted by molar-refractivity contribution is 5.28. The maximum absolute atomic E-state index is 10.1. The zero-order valence-corrected chi connectivity index (χ0v) is 5.99. The fraction of sp³-hybridized carbons (Fsp3) is 0.125. The van der Waals surface area contributed by atoms with E-state index in [0.29, 0.717) is 5.56 Å². The molecule has 57 valence electrons. The van der Waals surface area contributed by atoms with Crippen LogP contribution in [0.5, 0.6) is 0 Å². The summed E-state index contributed by atoms with van der Waals surface area (Å²) in [4.78, 5) is 9.74. The molecule has 1 aromatic rings. The quantitative estimate of drug-likeness (QED) is 0.475. The summed E-state index contributed by atoms with van der Waals surface area (Å²) in [5.41, 5.74) is 1.40. The average Bonchev–Trinajstić information content (AvgIpc) is 1.93. The van der Waals surface area contributed by atoms with Gasteiger partial charge in [0.2, 0.25) is 6.54 Å². The second-order valence-corrected chi connectivity index (χ2v) is 2.26. The number of nitrogens with zero attached hydrogens (tertiary/aromatic N) is 1. The first-order valence-corrected chi connectivity index (χ1v) is 3.22. The van der Waals surface area contributed by atoms with Gasteiger partial charge in [-0.25, -0.2) is 0 Å². The predicted octanol–water partition coefficient (Wildman–Crippen LogP) is 1.65. The van der Waals surface area contributed by atoms with Crippen molar-refractivity contribution in [3.05, 3.63) is 52.4 Å². The number of hydrogen-bond acceptors (Lipinski definition) is 2. The van der Waals surface area contributed by atoms with Crippen LogP contribution < -0.4 is 0 Å². The van der Waals surface area contributed by atoms with Crippen LogP contribution >= 0.6 is 0 Å². The Balaban J connectivity index is 2.86. The van der Waals surface area contributed by atoms with Crippen LogP contribution in [0.3, 0.4) is 0 Å². The van der Waals surface area contributed by atoms with E-state index in [0.717, 1.165) is 5.56 Å². The monoisotopic (exact) mass is 150 g/mol. The van der Waals surface area contributed by atoms with Crippen molar-refractivity contribution in [3.63, 3.8) is 0 Å². The van der Waals surface area contributed by atoms with Gasteiger partial charge in [-0.15, -0.1) is 0 Å². The molecule has 0 saturated heterocycles. The van der Waals surface area contributed by atoms with Gasteiger partial charge in [0.15, 0.2) is 0 Å². The molecule has 0 N–H and O–H groups in total. The van der Waals surface area contributed by atoms with Crippen LogP contribution in [-0.4, -0.2) is 4.92 Å². The van der Waals surface area contributed by atoms with E-state index in [9.17, 15) is 10.1 Å². The third-order valence-corrected chi connectivity index (χ3v) is 1.42. The molecular formula is C8H8NO2. The van der Waals surface area contributed by atoms with Gasteiger partial charge in [0.05, 0.1) is 0 Å². The summed E-state index contributed by atoms with van der Waals surface area (Å²) >= 11 is 0. The molecule has 11 heavy (non-hydrogen) atoms. The molecule has 0 aliphatic carbocycles. The molecule has 0 saturated carbocycles. The summed E-state index contributed by atoms with van der Waals surface area (Å²) in [6.45, 7) is 3.53. The Hall–Kier alpha value is -1.38. The van der Waals surface area contributed by atoms with Crippen LogP contribution in [0.2, 0.25) is 0 Å². The second-order valence-electron chi connectivity index (χ2n) is 2.26. The minimum Gasteiger partial charge on any atom is -0.264 e. The highest BCUT2D eigenvalue weighted by Gasteiger charge is 2.02. The lowest BCUT2D eigenvalue weighted by molar-refractivity contribution is -0.496. The summed E-state index contributed by atoms with van der Waals surface area (Å²) in [7, 11) is 0. The van der Waals surface area contributed by atoms with Gasteiger partial charge in [0, 0.05) is 10.5 Å². The van der Waals surface area contributed by atoms with Gasteiger partial charge in [-0.3, -0.25) is 10.1 Å². The largest absolute Gasteiger partial charge is 0.264 e. The van der Waals surface area contributed by atoms with Crippen LogP contribution in [0, 0.1) is 17.0 Å². The number of benzene rings is 1. The molecule has 1 rings (SSSR count). The summed E-state index contributed by atoms with van der Waals surface area (Å²) < 4.78 is 0. The van der Waals surface area contributed by atoms with Gasteiger partial charge in [0.25, 0.3) is 0 Å². The number of hydrogen-bond donors (Lipinski definition) is 0. The molecule has 0 aliphatic heterocycles. The van der Waals surface area contributed by atoms with Gasteiger partial charge in [0.1, 0.15) is 0 Å². The molecule has 3 nitrogen and oxygen atoms in total. The molecule has 0 heterocycles. The molecule has 0 amide bonds. The first-order chi connectivity index (χ1) is 5.20. The molecule has 0 bridgehead atoms. The highest BCUT2D eigenvalue weighted by Crippen LogP contribution is 2.06. The van der Waals surface area contributed by atoms with E-state index in [1.54, 1.807) is 18.2 Å². The van der Waals surface area contributed by atoms with E-state index in [4.69, 9.17) is 0 Å². The van der Waals surface area contributed by atoms with Gasteiger partial charge in [-0.2, -0.15) is 0 Å². The molecule has 0 atom stereocenters. The maximum atomic E-state index is 10.1. The van der Waals surface area contributed by atoms with Crippen LogP contribution in [0.1, 0.15) is 11.1 Å². The van der Waals surface area contributed by atoms with Crippen molar-refractivity contribution in [3.8, 4) is 0 Å². The van der Waals surface area contributed by atoms with E-state index in [-0.39, 0.29) is 11.5 Å². The number of rotatable bonds is 2. The lowest BCUT2D eigenvalue weighted by Gasteiger charge is -1.97. The normalized spacial score (nSPS) is 9.55. The first kappa shape index (κ1) is 7.72. The summed E-state index contributed by atoms with van der Waals surface area (Å²) in [6, 6.07) is 7.06. The van der Waals surface area contributed by atoms with Crippen molar-refractivity contribution in [2.24, 2.45) is 0 Å². The number of nitro groups is 1. The Bertz CT molecular complexity index is 271. The van der Waals surface area contributed by atoms with Crippen molar-refractivity contribution >= 4 is 0 Å². The summed E-state index contributed by atoms with van der Waals surface area (Å²) in [5.74, 6) is 0. The van der Waals surface area contributed by atoms with E-state index < -0.39 is 0 Å². The van der Waals surface area contributed by atoms with E-state index in [1.165, 1.54) is 0 Å². The third kappa shape index (κ3) is 2.04. The molecule has 0 unspecified atom stereocenters. The molecule has 3 heteroatoms. The highest BCUT2D eigenvalue weighted by atomic mass is 16.6. The van der Waals surface area contributed by atoms with Crippen molar-refractivity contribution in [1.82, 2.24) is 0 Å². The Morgan fingerprint density at radius 3 is 2.64 bits per heavy atom.